The Kier molecular flexibility index (Phi) is 1.86. The highest BCUT2D eigenvalue weighted by Crippen LogP contribution is 2.18. The number of furan rings is 1. The molecular formula is C8H9N3O2. The summed E-state index contributed by atoms with van der Waals surface area (Å²) in [7, 11) is 1.74. The van der Waals surface area contributed by atoms with Gasteiger partial charge in [-0.05, 0) is 12.1 Å². The lowest BCUT2D eigenvalue weighted by molar-refractivity contribution is 0.248. The smallest absolute Gasteiger partial charge is 0.156 e. The fourth-order valence-corrected chi connectivity index (χ4v) is 1.06. The van der Waals surface area contributed by atoms with E-state index < -0.39 is 0 Å². The van der Waals surface area contributed by atoms with Crippen molar-refractivity contribution in [3.8, 4) is 11.5 Å². The molecule has 0 aliphatic rings. The van der Waals surface area contributed by atoms with Crippen molar-refractivity contribution in [1.82, 2.24) is 15.0 Å². The monoisotopic (exact) mass is 179 g/mol. The Morgan fingerprint density at radius 2 is 2.38 bits per heavy atom. The molecule has 0 radical (unpaired) electrons. The van der Waals surface area contributed by atoms with Crippen LogP contribution in [0.1, 0.15) is 5.76 Å². The Labute approximate surface area is 74.6 Å². The lowest BCUT2D eigenvalue weighted by Crippen LogP contribution is -1.91. The van der Waals surface area contributed by atoms with E-state index in [9.17, 15) is 0 Å². The van der Waals surface area contributed by atoms with Gasteiger partial charge in [-0.2, -0.15) is 15.0 Å². The van der Waals surface area contributed by atoms with Gasteiger partial charge >= 0.3 is 0 Å². The number of hydrogen-bond acceptors (Lipinski definition) is 4. The highest BCUT2D eigenvalue weighted by atomic mass is 16.4. The van der Waals surface area contributed by atoms with Crippen molar-refractivity contribution in [3.05, 3.63) is 24.1 Å². The maximum Gasteiger partial charge on any atom is 0.156 e. The molecule has 0 saturated carbocycles. The van der Waals surface area contributed by atoms with Gasteiger partial charge in [-0.3, -0.25) is 0 Å². The highest BCUT2D eigenvalue weighted by Gasteiger charge is 2.06. The first kappa shape index (κ1) is 8.00. The second-order valence-electron chi connectivity index (χ2n) is 2.64. The first-order valence-corrected chi connectivity index (χ1v) is 3.86. The normalized spacial score (nSPS) is 10.6. The van der Waals surface area contributed by atoms with Crippen LogP contribution < -0.4 is 0 Å². The summed E-state index contributed by atoms with van der Waals surface area (Å²) in [6.07, 6.45) is 1.61. The Morgan fingerprint density at radius 3 is 2.92 bits per heavy atom. The van der Waals surface area contributed by atoms with E-state index in [2.05, 4.69) is 10.2 Å². The highest BCUT2D eigenvalue weighted by molar-refractivity contribution is 5.49. The topological polar surface area (TPSA) is 64.1 Å². The molecule has 0 spiro atoms. The van der Waals surface area contributed by atoms with E-state index in [-0.39, 0.29) is 6.61 Å². The SMILES string of the molecule is Cn1ncc(-c2ccc(CO)o2)n1. The van der Waals surface area contributed by atoms with Crippen LogP contribution in [0.2, 0.25) is 0 Å². The van der Waals surface area contributed by atoms with Crippen LogP contribution >= 0.6 is 0 Å². The summed E-state index contributed by atoms with van der Waals surface area (Å²) in [6, 6.07) is 3.47. The van der Waals surface area contributed by atoms with Crippen LogP contribution in [0.5, 0.6) is 0 Å². The molecule has 5 heteroatoms. The van der Waals surface area contributed by atoms with Gasteiger partial charge < -0.3 is 9.52 Å². The summed E-state index contributed by atoms with van der Waals surface area (Å²) in [5, 5.41) is 16.7. The molecule has 0 fully saturated rings. The Bertz CT molecular complexity index is 405. The van der Waals surface area contributed by atoms with Crippen molar-refractivity contribution >= 4 is 0 Å². The third kappa shape index (κ3) is 1.46. The maximum absolute atomic E-state index is 8.77. The zero-order valence-electron chi connectivity index (χ0n) is 7.14. The third-order valence-corrected chi connectivity index (χ3v) is 1.67. The summed E-state index contributed by atoms with van der Waals surface area (Å²) in [6.45, 7) is -0.0970. The average Bonchev–Trinajstić information content (AvgIpc) is 2.71. The molecule has 2 aromatic heterocycles. The summed E-state index contributed by atoms with van der Waals surface area (Å²) < 4.78 is 5.27. The molecule has 2 aromatic rings. The zero-order chi connectivity index (χ0) is 9.26. The van der Waals surface area contributed by atoms with E-state index in [0.717, 1.165) is 0 Å². The lowest BCUT2D eigenvalue weighted by atomic mass is 10.3. The molecule has 0 aliphatic carbocycles. The molecule has 0 amide bonds. The predicted octanol–water partition coefficient (Wildman–Crippen LogP) is 0.567. The molecule has 0 atom stereocenters. The standard InChI is InChI=1S/C8H9N3O2/c1-11-9-4-7(10-11)8-3-2-6(5-12)13-8/h2-4,12H,5H2,1H3. The molecule has 0 aliphatic heterocycles. The number of aryl methyl sites for hydroxylation is 1. The van der Waals surface area contributed by atoms with Crippen LogP contribution in [0.25, 0.3) is 11.5 Å². The Balaban J connectivity index is 2.35. The minimum Gasteiger partial charge on any atom is -0.457 e. The number of aliphatic hydroxyl groups is 1. The average molecular weight is 179 g/mol. The molecule has 2 heterocycles. The molecule has 5 nitrogen and oxygen atoms in total. The summed E-state index contributed by atoms with van der Waals surface area (Å²) >= 11 is 0. The number of nitrogens with zero attached hydrogens (tertiary/aromatic N) is 3. The second-order valence-corrected chi connectivity index (χ2v) is 2.64. The number of aromatic nitrogens is 3. The molecule has 68 valence electrons. The van der Waals surface area contributed by atoms with Crippen LogP contribution in [-0.4, -0.2) is 20.1 Å². The Morgan fingerprint density at radius 1 is 1.54 bits per heavy atom. The third-order valence-electron chi connectivity index (χ3n) is 1.67. The van der Waals surface area contributed by atoms with Gasteiger partial charge in [-0.1, -0.05) is 0 Å². The van der Waals surface area contributed by atoms with E-state index in [1.54, 1.807) is 25.4 Å². The molecule has 1 N–H and O–H groups in total. The van der Waals surface area contributed by atoms with Crippen molar-refractivity contribution in [2.45, 2.75) is 6.61 Å². The maximum atomic E-state index is 8.77. The molecule has 0 saturated heterocycles. The lowest BCUT2D eigenvalue weighted by Gasteiger charge is -1.88. The molecule has 13 heavy (non-hydrogen) atoms. The van der Waals surface area contributed by atoms with Gasteiger partial charge in [0.1, 0.15) is 18.1 Å². The zero-order valence-corrected chi connectivity index (χ0v) is 7.14. The first-order chi connectivity index (χ1) is 6.29. The summed E-state index contributed by atoms with van der Waals surface area (Å²) in [4.78, 5) is 1.45. The molecule has 0 bridgehead atoms. The van der Waals surface area contributed by atoms with E-state index in [0.29, 0.717) is 17.2 Å². The van der Waals surface area contributed by atoms with Gasteiger partial charge in [0.25, 0.3) is 0 Å². The van der Waals surface area contributed by atoms with Crippen LogP contribution in [0.15, 0.2) is 22.7 Å². The van der Waals surface area contributed by atoms with Gasteiger partial charge in [-0.25, -0.2) is 0 Å². The quantitative estimate of drug-likeness (QED) is 0.731. The first-order valence-electron chi connectivity index (χ1n) is 3.86. The van der Waals surface area contributed by atoms with Gasteiger partial charge in [-0.15, -0.1) is 0 Å². The minimum atomic E-state index is -0.0970. The Hall–Kier alpha value is -1.62. The summed E-state index contributed by atoms with van der Waals surface area (Å²) in [5.41, 5.74) is 0.669. The van der Waals surface area contributed by atoms with Crippen molar-refractivity contribution in [2.75, 3.05) is 0 Å². The minimum absolute atomic E-state index is 0.0970. The van der Waals surface area contributed by atoms with E-state index in [1.165, 1.54) is 4.80 Å². The number of aliphatic hydroxyl groups excluding tert-OH is 1. The fourth-order valence-electron chi connectivity index (χ4n) is 1.06. The van der Waals surface area contributed by atoms with Gasteiger partial charge in [0.2, 0.25) is 0 Å². The number of rotatable bonds is 2. The van der Waals surface area contributed by atoms with Crippen LogP contribution in [0, 0.1) is 0 Å². The predicted molar refractivity (Wildman–Crippen MR) is 44.6 cm³/mol. The number of hydrogen-bond donors (Lipinski definition) is 1. The fraction of sp³-hybridized carbons (Fsp3) is 0.250. The van der Waals surface area contributed by atoms with Gasteiger partial charge in [0.15, 0.2) is 5.76 Å². The summed E-state index contributed by atoms with van der Waals surface area (Å²) in [5.74, 6) is 1.15. The van der Waals surface area contributed by atoms with E-state index in [4.69, 9.17) is 9.52 Å². The largest absolute Gasteiger partial charge is 0.457 e. The van der Waals surface area contributed by atoms with Gasteiger partial charge in [0, 0.05) is 7.05 Å². The second kappa shape index (κ2) is 3.02. The molecule has 2 rings (SSSR count). The molecule has 0 aromatic carbocycles. The molecular weight excluding hydrogens is 170 g/mol. The van der Waals surface area contributed by atoms with Crippen molar-refractivity contribution in [3.63, 3.8) is 0 Å². The van der Waals surface area contributed by atoms with Crippen LogP contribution in [-0.2, 0) is 13.7 Å². The van der Waals surface area contributed by atoms with E-state index in [1.807, 2.05) is 0 Å². The van der Waals surface area contributed by atoms with Crippen molar-refractivity contribution in [2.24, 2.45) is 7.05 Å². The van der Waals surface area contributed by atoms with Crippen molar-refractivity contribution < 1.29 is 9.52 Å². The van der Waals surface area contributed by atoms with Crippen LogP contribution in [0.3, 0.4) is 0 Å². The van der Waals surface area contributed by atoms with Crippen molar-refractivity contribution in [1.29, 1.82) is 0 Å². The van der Waals surface area contributed by atoms with Gasteiger partial charge in [0.05, 0.1) is 6.20 Å². The van der Waals surface area contributed by atoms with E-state index >= 15 is 0 Å². The van der Waals surface area contributed by atoms with Crippen LogP contribution in [0.4, 0.5) is 0 Å². The molecule has 0 unspecified atom stereocenters.